The maximum atomic E-state index is 13.6. The number of aryl methyl sites for hydroxylation is 1. The molecule has 4 rings (SSSR count). The lowest BCUT2D eigenvalue weighted by molar-refractivity contribution is 0.151. The van der Waals surface area contributed by atoms with Gasteiger partial charge in [-0.2, -0.15) is 0 Å². The summed E-state index contributed by atoms with van der Waals surface area (Å²) in [5.41, 5.74) is 4.33. The van der Waals surface area contributed by atoms with Crippen LogP contribution in [0.1, 0.15) is 42.5 Å². The highest BCUT2D eigenvalue weighted by atomic mass is 32.1. The van der Waals surface area contributed by atoms with Crippen LogP contribution in [0, 0.1) is 11.6 Å². The van der Waals surface area contributed by atoms with Crippen molar-refractivity contribution in [2.75, 3.05) is 31.5 Å². The van der Waals surface area contributed by atoms with Gasteiger partial charge in [-0.3, -0.25) is 4.90 Å². The standard InChI is InChI=1S/C28H31F2N3S/c1-2-3-4-21-5-15-26(16-6-21)31-28(34)33-19-17-32(18-20-33)27(22-7-11-24(29)12-8-22)23-9-13-25(30)14-10-23/h5-16,27H,2-4,17-20H2,1H3,(H,31,34). The molecule has 1 N–H and O–H groups in total. The Morgan fingerprint density at radius 3 is 1.85 bits per heavy atom. The van der Waals surface area contributed by atoms with Crippen molar-refractivity contribution in [2.45, 2.75) is 32.2 Å². The maximum absolute atomic E-state index is 13.6. The Morgan fingerprint density at radius 1 is 0.824 bits per heavy atom. The van der Waals surface area contributed by atoms with Crippen molar-refractivity contribution in [3.8, 4) is 0 Å². The molecule has 6 heteroatoms. The Bertz CT molecular complexity index is 1010. The maximum Gasteiger partial charge on any atom is 0.173 e. The normalized spacial score (nSPS) is 14.4. The molecule has 0 unspecified atom stereocenters. The van der Waals surface area contributed by atoms with Gasteiger partial charge in [-0.1, -0.05) is 49.7 Å². The van der Waals surface area contributed by atoms with E-state index in [9.17, 15) is 8.78 Å². The molecule has 3 nitrogen and oxygen atoms in total. The zero-order valence-electron chi connectivity index (χ0n) is 19.5. The quantitative estimate of drug-likeness (QED) is 0.395. The van der Waals surface area contributed by atoms with Gasteiger partial charge < -0.3 is 10.2 Å². The molecule has 0 radical (unpaired) electrons. The first-order valence-corrected chi connectivity index (χ1v) is 12.3. The van der Waals surface area contributed by atoms with Crippen LogP contribution in [0.15, 0.2) is 72.8 Å². The minimum Gasteiger partial charge on any atom is -0.346 e. The van der Waals surface area contributed by atoms with Crippen LogP contribution in [0.4, 0.5) is 14.5 Å². The number of hydrogen-bond acceptors (Lipinski definition) is 2. The van der Waals surface area contributed by atoms with Crippen molar-refractivity contribution >= 4 is 23.0 Å². The zero-order chi connectivity index (χ0) is 23.9. The number of rotatable bonds is 7. The summed E-state index contributed by atoms with van der Waals surface area (Å²) < 4.78 is 27.1. The molecular weight excluding hydrogens is 448 g/mol. The first kappa shape index (κ1) is 24.3. The molecule has 0 spiro atoms. The van der Waals surface area contributed by atoms with Crippen molar-refractivity contribution in [3.05, 3.63) is 101 Å². The molecule has 1 saturated heterocycles. The van der Waals surface area contributed by atoms with Gasteiger partial charge in [0.25, 0.3) is 0 Å². The minimum atomic E-state index is -0.263. The third kappa shape index (κ3) is 6.19. The molecule has 1 fully saturated rings. The van der Waals surface area contributed by atoms with Crippen LogP contribution in [-0.2, 0) is 6.42 Å². The topological polar surface area (TPSA) is 18.5 Å². The van der Waals surface area contributed by atoms with Crippen LogP contribution in [-0.4, -0.2) is 41.1 Å². The predicted octanol–water partition coefficient (Wildman–Crippen LogP) is 6.41. The second kappa shape index (κ2) is 11.5. The molecule has 178 valence electrons. The number of benzene rings is 3. The molecule has 1 aliphatic heterocycles. The third-order valence-electron chi connectivity index (χ3n) is 6.36. The Labute approximate surface area is 206 Å². The number of hydrogen-bond donors (Lipinski definition) is 1. The minimum absolute atomic E-state index is 0.0689. The van der Waals surface area contributed by atoms with E-state index in [1.807, 2.05) is 24.3 Å². The monoisotopic (exact) mass is 479 g/mol. The van der Waals surface area contributed by atoms with Crippen LogP contribution in [0.5, 0.6) is 0 Å². The van der Waals surface area contributed by atoms with Crippen LogP contribution in [0.3, 0.4) is 0 Å². The summed E-state index contributed by atoms with van der Waals surface area (Å²) in [6.45, 7) is 5.34. The summed E-state index contributed by atoms with van der Waals surface area (Å²) in [4.78, 5) is 4.53. The van der Waals surface area contributed by atoms with Gasteiger partial charge in [0.2, 0.25) is 0 Å². The van der Waals surface area contributed by atoms with Crippen LogP contribution in [0.25, 0.3) is 0 Å². The van der Waals surface area contributed by atoms with Gasteiger partial charge in [-0.05, 0) is 78.1 Å². The molecular formula is C28H31F2N3S. The van der Waals surface area contributed by atoms with E-state index in [-0.39, 0.29) is 17.7 Å². The van der Waals surface area contributed by atoms with Crippen LogP contribution >= 0.6 is 12.2 Å². The zero-order valence-corrected chi connectivity index (χ0v) is 20.3. The second-order valence-corrected chi connectivity index (χ2v) is 9.15. The van der Waals surface area contributed by atoms with Gasteiger partial charge in [-0.15, -0.1) is 0 Å². The van der Waals surface area contributed by atoms with Crippen molar-refractivity contribution in [2.24, 2.45) is 0 Å². The van der Waals surface area contributed by atoms with Gasteiger partial charge >= 0.3 is 0 Å². The summed E-state index contributed by atoms with van der Waals surface area (Å²) in [7, 11) is 0. The SMILES string of the molecule is CCCCc1ccc(NC(=S)N2CCN(C(c3ccc(F)cc3)c3ccc(F)cc3)CC2)cc1. The first-order valence-electron chi connectivity index (χ1n) is 11.9. The van der Waals surface area contributed by atoms with E-state index in [0.717, 1.165) is 54.5 Å². The summed E-state index contributed by atoms with van der Waals surface area (Å²) in [5, 5.41) is 4.09. The van der Waals surface area contributed by atoms with E-state index in [1.54, 1.807) is 0 Å². The fraction of sp³-hybridized carbons (Fsp3) is 0.321. The Balaban J connectivity index is 1.40. The van der Waals surface area contributed by atoms with Gasteiger partial charge in [0.1, 0.15) is 11.6 Å². The Hall–Kier alpha value is -2.83. The average Bonchev–Trinajstić information content (AvgIpc) is 2.86. The molecule has 0 bridgehead atoms. The number of nitrogens with one attached hydrogen (secondary N) is 1. The van der Waals surface area contributed by atoms with Crippen molar-refractivity contribution < 1.29 is 8.78 Å². The van der Waals surface area contributed by atoms with E-state index in [4.69, 9.17) is 12.2 Å². The van der Waals surface area contributed by atoms with Crippen molar-refractivity contribution in [3.63, 3.8) is 0 Å². The van der Waals surface area contributed by atoms with Crippen molar-refractivity contribution in [1.82, 2.24) is 9.80 Å². The van der Waals surface area contributed by atoms with E-state index >= 15 is 0 Å². The van der Waals surface area contributed by atoms with Gasteiger partial charge in [0.05, 0.1) is 6.04 Å². The molecule has 0 atom stereocenters. The molecule has 1 heterocycles. The number of nitrogens with zero attached hydrogens (tertiary/aromatic N) is 2. The number of piperazine rings is 1. The van der Waals surface area contributed by atoms with E-state index in [0.29, 0.717) is 0 Å². The lowest BCUT2D eigenvalue weighted by Crippen LogP contribution is -2.51. The van der Waals surface area contributed by atoms with Crippen LogP contribution < -0.4 is 5.32 Å². The number of thiocarbonyl (C=S) groups is 1. The number of unbranched alkanes of at least 4 members (excludes halogenated alkanes) is 1. The van der Waals surface area contributed by atoms with E-state index < -0.39 is 0 Å². The summed E-state index contributed by atoms with van der Waals surface area (Å²) in [6.07, 6.45) is 3.50. The smallest absolute Gasteiger partial charge is 0.173 e. The van der Waals surface area contributed by atoms with E-state index in [2.05, 4.69) is 46.3 Å². The van der Waals surface area contributed by atoms with Gasteiger partial charge in [-0.25, -0.2) is 8.78 Å². The summed E-state index contributed by atoms with van der Waals surface area (Å²) in [6, 6.07) is 21.6. The molecule has 1 aliphatic rings. The number of anilines is 1. The molecule has 34 heavy (non-hydrogen) atoms. The highest BCUT2D eigenvalue weighted by molar-refractivity contribution is 7.80. The van der Waals surface area contributed by atoms with E-state index in [1.165, 1.54) is 42.7 Å². The Kier molecular flexibility index (Phi) is 8.25. The fourth-order valence-corrected chi connectivity index (χ4v) is 4.73. The Morgan fingerprint density at radius 2 is 1.35 bits per heavy atom. The number of halogens is 2. The average molecular weight is 480 g/mol. The summed E-state index contributed by atoms with van der Waals surface area (Å²) in [5.74, 6) is -0.525. The lowest BCUT2D eigenvalue weighted by Gasteiger charge is -2.40. The molecule has 0 saturated carbocycles. The molecule has 3 aromatic carbocycles. The highest BCUT2D eigenvalue weighted by Crippen LogP contribution is 2.30. The van der Waals surface area contributed by atoms with Gasteiger partial charge in [0, 0.05) is 31.9 Å². The summed E-state index contributed by atoms with van der Waals surface area (Å²) >= 11 is 5.69. The fourth-order valence-electron chi connectivity index (χ4n) is 4.43. The van der Waals surface area contributed by atoms with Crippen molar-refractivity contribution in [1.29, 1.82) is 0 Å². The predicted molar refractivity (Wildman–Crippen MR) is 139 cm³/mol. The van der Waals surface area contributed by atoms with Gasteiger partial charge in [0.15, 0.2) is 5.11 Å². The molecule has 0 aromatic heterocycles. The molecule has 0 amide bonds. The van der Waals surface area contributed by atoms with Crippen LogP contribution in [0.2, 0.25) is 0 Å². The highest BCUT2D eigenvalue weighted by Gasteiger charge is 2.27. The second-order valence-electron chi connectivity index (χ2n) is 8.76. The largest absolute Gasteiger partial charge is 0.346 e. The first-order chi connectivity index (χ1) is 16.5. The molecule has 3 aromatic rings. The lowest BCUT2D eigenvalue weighted by atomic mass is 9.96. The molecule has 0 aliphatic carbocycles. The third-order valence-corrected chi connectivity index (χ3v) is 6.72.